The summed E-state index contributed by atoms with van der Waals surface area (Å²) in [4.78, 5) is 7.32. The number of para-hydroxylation sites is 2. The molecule has 0 radical (unpaired) electrons. The molecule has 0 aliphatic carbocycles. The molecule has 5 rings (SSSR count). The molecule has 0 spiro atoms. The normalized spacial score (nSPS) is 15.3. The Morgan fingerprint density at radius 3 is 1.97 bits per heavy atom. The van der Waals surface area contributed by atoms with Crippen LogP contribution in [0.2, 0.25) is 0 Å². The number of rotatable bonds is 6. The van der Waals surface area contributed by atoms with Crippen molar-refractivity contribution in [1.29, 1.82) is 0 Å². The van der Waals surface area contributed by atoms with Crippen molar-refractivity contribution >= 4 is 17.1 Å². The van der Waals surface area contributed by atoms with E-state index >= 15 is 0 Å². The number of nitrogens with zero attached hydrogens (tertiary/aromatic N) is 3. The van der Waals surface area contributed by atoms with Gasteiger partial charge in [-0.05, 0) is 53.8 Å². The van der Waals surface area contributed by atoms with Crippen LogP contribution >= 0.6 is 0 Å². The van der Waals surface area contributed by atoms with Crippen molar-refractivity contribution in [3.05, 3.63) is 102 Å². The van der Waals surface area contributed by atoms with Crippen molar-refractivity contribution in [3.63, 3.8) is 0 Å². The van der Waals surface area contributed by atoms with Crippen LogP contribution in [-0.4, -0.2) is 31.1 Å². The highest BCUT2D eigenvalue weighted by Gasteiger charge is 2.28. The third kappa shape index (κ3) is 4.00. The molecule has 0 N–H and O–H groups in total. The Kier molecular flexibility index (Phi) is 5.89. The Morgan fingerprint density at radius 1 is 0.781 bits per heavy atom. The standard InChI is InChI=1S/C29H33N3/c1-3-4-9-24-14-16-27(17-15-24)31-20-18-30(19-21-31)23(2)32-28-12-7-5-10-25(28)22-26-11-6-8-13-29(26)32/h5-8,10-17H,2-4,9,18-22H2,1H3. The predicted molar refractivity (Wildman–Crippen MR) is 136 cm³/mol. The van der Waals surface area contributed by atoms with Crippen LogP contribution in [0.4, 0.5) is 17.1 Å². The van der Waals surface area contributed by atoms with Crippen LogP contribution in [0, 0.1) is 0 Å². The van der Waals surface area contributed by atoms with Gasteiger partial charge in [0.25, 0.3) is 0 Å². The predicted octanol–water partition coefficient (Wildman–Crippen LogP) is 6.36. The fourth-order valence-electron chi connectivity index (χ4n) is 4.99. The molecule has 0 saturated carbocycles. The number of anilines is 3. The molecule has 0 aromatic heterocycles. The molecular weight excluding hydrogens is 390 g/mol. The molecule has 3 aromatic carbocycles. The van der Waals surface area contributed by atoms with E-state index in [-0.39, 0.29) is 0 Å². The molecule has 2 aliphatic rings. The molecule has 3 heteroatoms. The van der Waals surface area contributed by atoms with Crippen LogP contribution in [-0.2, 0) is 12.8 Å². The van der Waals surface area contributed by atoms with Crippen LogP contribution in [0.1, 0.15) is 36.5 Å². The molecule has 0 unspecified atom stereocenters. The minimum absolute atomic E-state index is 0.983. The summed E-state index contributed by atoms with van der Waals surface area (Å²) in [5.74, 6) is 1.08. The first-order valence-electron chi connectivity index (χ1n) is 12.0. The van der Waals surface area contributed by atoms with Gasteiger partial charge in [0.1, 0.15) is 5.82 Å². The van der Waals surface area contributed by atoms with Crippen molar-refractivity contribution in [2.24, 2.45) is 0 Å². The van der Waals surface area contributed by atoms with Crippen molar-refractivity contribution in [2.45, 2.75) is 32.6 Å². The Balaban J connectivity index is 1.30. The Hall–Kier alpha value is -3.20. The van der Waals surface area contributed by atoms with E-state index < -0.39 is 0 Å². The average molecular weight is 424 g/mol. The van der Waals surface area contributed by atoms with Crippen LogP contribution in [0.15, 0.2) is 85.2 Å². The highest BCUT2D eigenvalue weighted by Crippen LogP contribution is 2.41. The van der Waals surface area contributed by atoms with Gasteiger partial charge in [0, 0.05) is 38.3 Å². The summed E-state index contributed by atoms with van der Waals surface area (Å²) in [6.07, 6.45) is 4.68. The van der Waals surface area contributed by atoms with Crippen molar-refractivity contribution in [2.75, 3.05) is 36.0 Å². The molecule has 3 nitrogen and oxygen atoms in total. The van der Waals surface area contributed by atoms with Gasteiger partial charge >= 0.3 is 0 Å². The van der Waals surface area contributed by atoms with E-state index in [1.807, 2.05) is 0 Å². The van der Waals surface area contributed by atoms with Gasteiger partial charge in [-0.2, -0.15) is 0 Å². The Morgan fingerprint density at radius 2 is 1.38 bits per heavy atom. The fourth-order valence-corrected chi connectivity index (χ4v) is 4.99. The number of hydrogen-bond donors (Lipinski definition) is 0. The highest BCUT2D eigenvalue weighted by atomic mass is 15.4. The molecule has 0 amide bonds. The molecule has 0 atom stereocenters. The van der Waals surface area contributed by atoms with Crippen LogP contribution in [0.25, 0.3) is 0 Å². The minimum Gasteiger partial charge on any atom is -0.368 e. The largest absolute Gasteiger partial charge is 0.368 e. The SMILES string of the molecule is C=C(N1CCN(c2ccc(CCCC)cc2)CC1)N1c2ccccc2Cc2ccccc21. The van der Waals surface area contributed by atoms with E-state index in [0.29, 0.717) is 0 Å². The molecular formula is C29H33N3. The maximum absolute atomic E-state index is 4.57. The average Bonchev–Trinajstić information content (AvgIpc) is 2.86. The van der Waals surface area contributed by atoms with E-state index in [2.05, 4.69) is 101 Å². The molecule has 2 heterocycles. The number of benzene rings is 3. The zero-order chi connectivity index (χ0) is 21.9. The smallest absolute Gasteiger partial charge is 0.106 e. The van der Waals surface area contributed by atoms with Gasteiger partial charge in [-0.1, -0.05) is 68.5 Å². The molecule has 0 bridgehead atoms. The summed E-state index contributed by atoms with van der Waals surface area (Å²) in [7, 11) is 0. The minimum atomic E-state index is 0.983. The quantitative estimate of drug-likeness (QED) is 0.456. The second-order valence-electron chi connectivity index (χ2n) is 8.93. The van der Waals surface area contributed by atoms with E-state index in [1.165, 1.54) is 53.0 Å². The second-order valence-corrected chi connectivity index (χ2v) is 8.93. The van der Waals surface area contributed by atoms with E-state index in [4.69, 9.17) is 0 Å². The summed E-state index contributed by atoms with van der Waals surface area (Å²) in [5, 5.41) is 0. The van der Waals surface area contributed by atoms with E-state index in [9.17, 15) is 0 Å². The fraction of sp³-hybridized carbons (Fsp3) is 0.310. The lowest BCUT2D eigenvalue weighted by Crippen LogP contribution is -2.48. The molecule has 1 fully saturated rings. The summed E-state index contributed by atoms with van der Waals surface area (Å²) in [6, 6.07) is 26.7. The summed E-state index contributed by atoms with van der Waals surface area (Å²) in [5.41, 5.74) is 8.06. The topological polar surface area (TPSA) is 9.72 Å². The third-order valence-corrected chi connectivity index (χ3v) is 6.87. The van der Waals surface area contributed by atoms with Crippen molar-refractivity contribution in [1.82, 2.24) is 4.90 Å². The lowest BCUT2D eigenvalue weighted by atomic mass is 9.95. The summed E-state index contributed by atoms with van der Waals surface area (Å²) < 4.78 is 0. The number of hydrogen-bond acceptors (Lipinski definition) is 3. The molecule has 32 heavy (non-hydrogen) atoms. The Labute approximate surface area is 192 Å². The lowest BCUT2D eigenvalue weighted by Gasteiger charge is -2.43. The summed E-state index contributed by atoms with van der Waals surface area (Å²) in [6.45, 7) is 10.8. The highest BCUT2D eigenvalue weighted by molar-refractivity contribution is 5.77. The monoisotopic (exact) mass is 423 g/mol. The zero-order valence-corrected chi connectivity index (χ0v) is 19.1. The number of piperazine rings is 1. The summed E-state index contributed by atoms with van der Waals surface area (Å²) >= 11 is 0. The van der Waals surface area contributed by atoms with Crippen molar-refractivity contribution in [3.8, 4) is 0 Å². The maximum Gasteiger partial charge on any atom is 0.106 e. The van der Waals surface area contributed by atoms with Gasteiger partial charge < -0.3 is 9.80 Å². The maximum atomic E-state index is 4.57. The van der Waals surface area contributed by atoms with Gasteiger partial charge in [0.15, 0.2) is 0 Å². The molecule has 1 saturated heterocycles. The molecule has 3 aromatic rings. The van der Waals surface area contributed by atoms with Gasteiger partial charge in [-0.3, -0.25) is 4.90 Å². The van der Waals surface area contributed by atoms with Gasteiger partial charge in [0.2, 0.25) is 0 Å². The van der Waals surface area contributed by atoms with Gasteiger partial charge in [0.05, 0.1) is 11.4 Å². The van der Waals surface area contributed by atoms with E-state index in [0.717, 1.165) is 38.4 Å². The number of unbranched alkanes of at least 4 members (excludes halogenated alkanes) is 1. The zero-order valence-electron chi connectivity index (χ0n) is 19.1. The molecule has 2 aliphatic heterocycles. The Bertz CT molecular complexity index is 1030. The van der Waals surface area contributed by atoms with E-state index in [1.54, 1.807) is 0 Å². The van der Waals surface area contributed by atoms with Gasteiger partial charge in [-0.25, -0.2) is 0 Å². The number of fused-ring (bicyclic) bond motifs is 2. The van der Waals surface area contributed by atoms with Crippen LogP contribution in [0.3, 0.4) is 0 Å². The second kappa shape index (κ2) is 9.12. The molecule has 164 valence electrons. The first-order chi connectivity index (χ1) is 15.7. The first kappa shape index (κ1) is 20.7. The number of aryl methyl sites for hydroxylation is 1. The van der Waals surface area contributed by atoms with Gasteiger partial charge in [-0.15, -0.1) is 0 Å². The van der Waals surface area contributed by atoms with Crippen molar-refractivity contribution < 1.29 is 0 Å². The van der Waals surface area contributed by atoms with Crippen LogP contribution < -0.4 is 9.80 Å². The first-order valence-corrected chi connectivity index (χ1v) is 12.0. The third-order valence-electron chi connectivity index (χ3n) is 6.87. The van der Waals surface area contributed by atoms with Crippen LogP contribution in [0.5, 0.6) is 0 Å². The lowest BCUT2D eigenvalue weighted by molar-refractivity contribution is 0.318.